The number of ether oxygens (including phenoxy) is 1. The second-order valence-corrected chi connectivity index (χ2v) is 1.74. The van der Waals surface area contributed by atoms with Crippen LogP contribution in [0.5, 0.6) is 0 Å². The van der Waals surface area contributed by atoms with E-state index in [4.69, 9.17) is 10.0 Å². The molecule has 0 aliphatic rings. The summed E-state index contributed by atoms with van der Waals surface area (Å²) in [7, 11) is -0.0775. The standard InChI is InChI=1S/C6H11BO3/c1-4-6(7(8)9)5(2)10-3/h4,8-9H,2H2,1,3H3/b6-4+. The summed E-state index contributed by atoms with van der Waals surface area (Å²) in [4.78, 5) is 0. The fourth-order valence-corrected chi connectivity index (χ4v) is 0.572. The summed E-state index contributed by atoms with van der Waals surface area (Å²) in [5.74, 6) is 0.275. The van der Waals surface area contributed by atoms with Crippen molar-refractivity contribution in [2.45, 2.75) is 6.92 Å². The highest BCUT2D eigenvalue weighted by Gasteiger charge is 2.16. The largest absolute Gasteiger partial charge is 0.498 e. The van der Waals surface area contributed by atoms with Crippen LogP contribution in [-0.4, -0.2) is 24.3 Å². The lowest BCUT2D eigenvalue weighted by Crippen LogP contribution is -2.17. The van der Waals surface area contributed by atoms with E-state index in [9.17, 15) is 0 Å². The van der Waals surface area contributed by atoms with E-state index in [2.05, 4.69) is 11.3 Å². The molecule has 56 valence electrons. The van der Waals surface area contributed by atoms with E-state index in [-0.39, 0.29) is 5.76 Å². The van der Waals surface area contributed by atoms with Crippen LogP contribution in [0.1, 0.15) is 6.92 Å². The Balaban J connectivity index is 4.24. The number of allylic oxidation sites excluding steroid dienone is 2. The molecule has 0 rings (SSSR count). The van der Waals surface area contributed by atoms with Gasteiger partial charge in [-0.25, -0.2) is 0 Å². The maximum atomic E-state index is 8.66. The molecule has 2 N–H and O–H groups in total. The molecule has 0 saturated carbocycles. The van der Waals surface area contributed by atoms with Crippen molar-refractivity contribution in [2.24, 2.45) is 0 Å². The molecule has 0 aromatic rings. The van der Waals surface area contributed by atoms with Gasteiger partial charge in [0.15, 0.2) is 0 Å². The van der Waals surface area contributed by atoms with Crippen LogP contribution in [0.15, 0.2) is 23.9 Å². The summed E-state index contributed by atoms with van der Waals surface area (Å²) >= 11 is 0. The summed E-state index contributed by atoms with van der Waals surface area (Å²) in [5.41, 5.74) is 0.294. The van der Waals surface area contributed by atoms with E-state index >= 15 is 0 Å². The van der Waals surface area contributed by atoms with E-state index in [0.717, 1.165) is 0 Å². The highest BCUT2D eigenvalue weighted by Crippen LogP contribution is 2.08. The Morgan fingerprint density at radius 3 is 2.20 bits per heavy atom. The van der Waals surface area contributed by atoms with Crippen LogP contribution < -0.4 is 0 Å². The van der Waals surface area contributed by atoms with Crippen LogP contribution in [0.4, 0.5) is 0 Å². The lowest BCUT2D eigenvalue weighted by Gasteiger charge is -2.06. The third-order valence-electron chi connectivity index (χ3n) is 1.16. The zero-order valence-corrected chi connectivity index (χ0v) is 6.16. The van der Waals surface area contributed by atoms with Gasteiger partial charge in [0.05, 0.1) is 7.11 Å². The molecule has 0 radical (unpaired) electrons. The second kappa shape index (κ2) is 4.14. The van der Waals surface area contributed by atoms with Crippen molar-refractivity contribution in [2.75, 3.05) is 7.11 Å². The van der Waals surface area contributed by atoms with Crippen LogP contribution in [0.2, 0.25) is 0 Å². The Morgan fingerprint density at radius 2 is 2.10 bits per heavy atom. The average molecular weight is 142 g/mol. The van der Waals surface area contributed by atoms with E-state index in [1.807, 2.05) is 0 Å². The number of rotatable bonds is 3. The summed E-state index contributed by atoms with van der Waals surface area (Å²) in [5, 5.41) is 17.3. The fraction of sp³-hybridized carbons (Fsp3) is 0.333. The molecule has 0 saturated heterocycles. The monoisotopic (exact) mass is 142 g/mol. The molecular weight excluding hydrogens is 131 g/mol. The third kappa shape index (κ3) is 2.25. The average Bonchev–Trinajstić information content (AvgIpc) is 1.88. The van der Waals surface area contributed by atoms with Crippen LogP contribution in [0.3, 0.4) is 0 Å². The van der Waals surface area contributed by atoms with Gasteiger partial charge in [0.25, 0.3) is 0 Å². The van der Waals surface area contributed by atoms with Crippen molar-refractivity contribution >= 4 is 7.12 Å². The second-order valence-electron chi connectivity index (χ2n) is 1.74. The lowest BCUT2D eigenvalue weighted by molar-refractivity contribution is 0.300. The van der Waals surface area contributed by atoms with Gasteiger partial charge < -0.3 is 14.8 Å². The summed E-state index contributed by atoms with van der Waals surface area (Å²) in [6.45, 7) is 5.13. The van der Waals surface area contributed by atoms with Gasteiger partial charge in [-0.3, -0.25) is 0 Å². The third-order valence-corrected chi connectivity index (χ3v) is 1.16. The van der Waals surface area contributed by atoms with Crippen molar-refractivity contribution in [1.29, 1.82) is 0 Å². The molecule has 0 heterocycles. The first-order valence-electron chi connectivity index (χ1n) is 2.89. The molecule has 4 heteroatoms. The number of methoxy groups -OCH3 is 1. The molecule has 0 spiro atoms. The molecule has 0 aliphatic heterocycles. The highest BCUT2D eigenvalue weighted by molar-refractivity contribution is 6.52. The minimum Gasteiger partial charge on any atom is -0.498 e. The van der Waals surface area contributed by atoms with Crippen molar-refractivity contribution < 1.29 is 14.8 Å². The Labute approximate surface area is 60.8 Å². The molecule has 0 fully saturated rings. The topological polar surface area (TPSA) is 49.7 Å². The Morgan fingerprint density at radius 1 is 1.60 bits per heavy atom. The van der Waals surface area contributed by atoms with Gasteiger partial charge in [-0.15, -0.1) is 0 Å². The maximum Gasteiger partial charge on any atom is 0.491 e. The minimum absolute atomic E-state index is 0.275. The smallest absolute Gasteiger partial charge is 0.491 e. The van der Waals surface area contributed by atoms with Crippen LogP contribution in [0.25, 0.3) is 0 Å². The predicted molar refractivity (Wildman–Crippen MR) is 40.1 cm³/mol. The van der Waals surface area contributed by atoms with Crippen LogP contribution in [-0.2, 0) is 4.74 Å². The normalized spacial score (nSPS) is 11.0. The van der Waals surface area contributed by atoms with Gasteiger partial charge in [-0.2, -0.15) is 0 Å². The predicted octanol–water partition coefficient (Wildman–Crippen LogP) is 0.105. The first-order valence-corrected chi connectivity index (χ1v) is 2.89. The number of hydrogen-bond acceptors (Lipinski definition) is 3. The highest BCUT2D eigenvalue weighted by atomic mass is 16.5. The first-order chi connectivity index (χ1) is 4.63. The molecule has 0 bridgehead atoms. The van der Waals surface area contributed by atoms with E-state index < -0.39 is 7.12 Å². The Bertz CT molecular complexity index is 151. The van der Waals surface area contributed by atoms with E-state index in [1.54, 1.807) is 6.92 Å². The summed E-state index contributed by atoms with van der Waals surface area (Å²) < 4.78 is 4.68. The van der Waals surface area contributed by atoms with Gasteiger partial charge in [0.2, 0.25) is 0 Å². The van der Waals surface area contributed by atoms with Gasteiger partial charge in [0.1, 0.15) is 5.76 Å². The molecule has 0 atom stereocenters. The minimum atomic E-state index is -1.50. The van der Waals surface area contributed by atoms with Gasteiger partial charge in [-0.05, 0) is 6.92 Å². The number of hydrogen-bond donors (Lipinski definition) is 2. The molecule has 0 amide bonds. The molecule has 0 aliphatic carbocycles. The summed E-state index contributed by atoms with van der Waals surface area (Å²) in [6.07, 6.45) is 1.54. The van der Waals surface area contributed by atoms with E-state index in [0.29, 0.717) is 5.47 Å². The molecule has 0 unspecified atom stereocenters. The molecule has 10 heavy (non-hydrogen) atoms. The lowest BCUT2D eigenvalue weighted by atomic mass is 9.78. The van der Waals surface area contributed by atoms with Crippen molar-refractivity contribution in [3.63, 3.8) is 0 Å². The Hall–Kier alpha value is -0.735. The first kappa shape index (κ1) is 9.26. The maximum absolute atomic E-state index is 8.66. The molecule has 3 nitrogen and oxygen atoms in total. The van der Waals surface area contributed by atoms with Gasteiger partial charge in [0, 0.05) is 5.47 Å². The van der Waals surface area contributed by atoms with Crippen molar-refractivity contribution in [3.05, 3.63) is 23.9 Å². The molecular formula is C6H11BO3. The molecule has 0 aromatic carbocycles. The van der Waals surface area contributed by atoms with E-state index in [1.165, 1.54) is 13.2 Å². The van der Waals surface area contributed by atoms with Crippen LogP contribution >= 0.6 is 0 Å². The zero-order valence-electron chi connectivity index (χ0n) is 6.16. The summed E-state index contributed by atoms with van der Waals surface area (Å²) in [6, 6.07) is 0. The molecule has 0 aromatic heterocycles. The van der Waals surface area contributed by atoms with Gasteiger partial charge in [-0.1, -0.05) is 12.7 Å². The van der Waals surface area contributed by atoms with Crippen LogP contribution in [0, 0.1) is 0 Å². The Kier molecular flexibility index (Phi) is 3.84. The van der Waals surface area contributed by atoms with Gasteiger partial charge >= 0.3 is 7.12 Å². The zero-order chi connectivity index (χ0) is 8.15. The van der Waals surface area contributed by atoms with Crippen molar-refractivity contribution in [3.8, 4) is 0 Å². The van der Waals surface area contributed by atoms with Crippen molar-refractivity contribution in [1.82, 2.24) is 0 Å². The quantitative estimate of drug-likeness (QED) is 0.334. The SMILES string of the molecule is C=C(OC)/C(=C\C)B(O)O. The fourth-order valence-electron chi connectivity index (χ4n) is 0.572.